The predicted octanol–water partition coefficient (Wildman–Crippen LogP) is 1.61. The van der Waals surface area contributed by atoms with Crippen LogP contribution in [0.5, 0.6) is 0 Å². The Kier molecular flexibility index (Phi) is 3.26. The molecule has 9 heteroatoms. The smallest absolute Gasteiger partial charge is 0.259 e. The molecule has 0 aliphatic heterocycles. The maximum absolute atomic E-state index is 12.1. The molecule has 8 nitrogen and oxygen atoms in total. The topological polar surface area (TPSA) is 95.3 Å². The van der Waals surface area contributed by atoms with Crippen LogP contribution in [0, 0.1) is 10.1 Å². The van der Waals surface area contributed by atoms with Gasteiger partial charge in [-0.05, 0) is 21.5 Å². The van der Waals surface area contributed by atoms with Crippen LogP contribution in [-0.4, -0.2) is 24.1 Å². The minimum atomic E-state index is -0.482. The number of aromatic nitrogens is 4. The Morgan fingerprint density at radius 1 is 1.38 bits per heavy atom. The molecule has 3 aromatic rings. The maximum atomic E-state index is 12.1. The lowest BCUT2D eigenvalue weighted by Crippen LogP contribution is -2.21. The first kappa shape index (κ1) is 13.4. The van der Waals surface area contributed by atoms with Gasteiger partial charge in [0.15, 0.2) is 5.65 Å². The SMILES string of the molecule is O=c1n(Cc2cccc([N+](=O)[O-])c2Br)nc2cnccn12. The minimum Gasteiger partial charge on any atom is -0.259 e. The summed E-state index contributed by atoms with van der Waals surface area (Å²) in [5, 5.41) is 15.1. The predicted molar refractivity (Wildman–Crippen MR) is 77.1 cm³/mol. The number of nitro groups is 1. The zero-order chi connectivity index (χ0) is 15.0. The normalized spacial score (nSPS) is 10.9. The van der Waals surface area contributed by atoms with E-state index in [1.165, 1.54) is 33.7 Å². The summed E-state index contributed by atoms with van der Waals surface area (Å²) in [6, 6.07) is 4.66. The largest absolute Gasteiger partial charge is 0.350 e. The van der Waals surface area contributed by atoms with Crippen LogP contribution in [0.1, 0.15) is 5.56 Å². The summed E-state index contributed by atoms with van der Waals surface area (Å²) in [5.74, 6) is 0. The number of nitrogens with zero attached hydrogens (tertiary/aromatic N) is 5. The zero-order valence-corrected chi connectivity index (χ0v) is 12.1. The number of nitro benzene ring substituents is 1. The van der Waals surface area contributed by atoms with E-state index in [0.29, 0.717) is 15.7 Å². The van der Waals surface area contributed by atoms with Crippen LogP contribution in [0.4, 0.5) is 5.69 Å². The first-order valence-corrected chi connectivity index (χ1v) is 6.68. The van der Waals surface area contributed by atoms with Crippen molar-refractivity contribution >= 4 is 27.3 Å². The Labute approximate surface area is 125 Å². The van der Waals surface area contributed by atoms with E-state index in [0.717, 1.165) is 0 Å². The molecule has 0 saturated heterocycles. The molecule has 0 unspecified atom stereocenters. The Morgan fingerprint density at radius 2 is 2.19 bits per heavy atom. The highest BCUT2D eigenvalue weighted by atomic mass is 79.9. The minimum absolute atomic E-state index is 0.0500. The molecule has 0 atom stereocenters. The molecule has 1 aromatic carbocycles. The average molecular weight is 350 g/mol. The van der Waals surface area contributed by atoms with E-state index < -0.39 is 4.92 Å². The van der Waals surface area contributed by atoms with Gasteiger partial charge in [-0.15, -0.1) is 5.10 Å². The highest BCUT2D eigenvalue weighted by Gasteiger charge is 2.16. The van der Waals surface area contributed by atoms with Gasteiger partial charge >= 0.3 is 5.69 Å². The molecule has 3 rings (SSSR count). The van der Waals surface area contributed by atoms with E-state index in [1.54, 1.807) is 12.1 Å². The third kappa shape index (κ3) is 2.31. The summed E-state index contributed by atoms with van der Waals surface area (Å²) < 4.78 is 2.94. The summed E-state index contributed by atoms with van der Waals surface area (Å²) >= 11 is 3.20. The van der Waals surface area contributed by atoms with Gasteiger partial charge in [0.2, 0.25) is 0 Å². The quantitative estimate of drug-likeness (QED) is 0.528. The fraction of sp³-hybridized carbons (Fsp3) is 0.0833. The number of rotatable bonds is 3. The van der Waals surface area contributed by atoms with Crippen LogP contribution < -0.4 is 5.69 Å². The molecule has 21 heavy (non-hydrogen) atoms. The summed E-state index contributed by atoms with van der Waals surface area (Å²) in [7, 11) is 0. The Hall–Kier alpha value is -2.55. The molecular weight excluding hydrogens is 342 g/mol. The van der Waals surface area contributed by atoms with Gasteiger partial charge in [-0.2, -0.15) is 0 Å². The van der Waals surface area contributed by atoms with E-state index in [-0.39, 0.29) is 17.9 Å². The van der Waals surface area contributed by atoms with Crippen LogP contribution in [0.2, 0.25) is 0 Å². The summed E-state index contributed by atoms with van der Waals surface area (Å²) in [6.45, 7) is 0.128. The third-order valence-electron chi connectivity index (χ3n) is 2.96. The first-order valence-electron chi connectivity index (χ1n) is 5.89. The van der Waals surface area contributed by atoms with E-state index in [4.69, 9.17) is 0 Å². The van der Waals surface area contributed by atoms with Crippen LogP contribution in [-0.2, 0) is 6.54 Å². The molecule has 2 heterocycles. The molecule has 0 bridgehead atoms. The van der Waals surface area contributed by atoms with E-state index in [1.807, 2.05) is 0 Å². The lowest BCUT2D eigenvalue weighted by Gasteiger charge is -2.03. The molecule has 2 aromatic heterocycles. The molecular formula is C12H8BrN5O3. The average Bonchev–Trinajstić information content (AvgIpc) is 2.78. The molecule has 0 aliphatic carbocycles. The third-order valence-corrected chi connectivity index (χ3v) is 3.88. The highest BCUT2D eigenvalue weighted by Crippen LogP contribution is 2.28. The van der Waals surface area contributed by atoms with E-state index in [9.17, 15) is 14.9 Å². The first-order chi connectivity index (χ1) is 10.1. The standard InChI is InChI=1S/C12H8BrN5O3/c13-11-8(2-1-3-9(11)18(20)21)7-17-12(19)16-5-4-14-6-10(16)15-17/h1-6H,7H2. The molecule has 0 radical (unpaired) electrons. The summed E-state index contributed by atoms with van der Waals surface area (Å²) in [4.78, 5) is 26.5. The second-order valence-electron chi connectivity index (χ2n) is 4.25. The van der Waals surface area contributed by atoms with Gasteiger partial charge in [-0.1, -0.05) is 12.1 Å². The highest BCUT2D eigenvalue weighted by molar-refractivity contribution is 9.10. The van der Waals surface area contributed by atoms with Crippen molar-refractivity contribution in [2.24, 2.45) is 0 Å². The molecule has 0 amide bonds. The molecule has 0 spiro atoms. The molecule has 106 valence electrons. The fourth-order valence-electron chi connectivity index (χ4n) is 1.97. The van der Waals surface area contributed by atoms with E-state index in [2.05, 4.69) is 26.0 Å². The van der Waals surface area contributed by atoms with Gasteiger partial charge in [0.05, 0.1) is 17.7 Å². The van der Waals surface area contributed by atoms with Crippen molar-refractivity contribution in [3.8, 4) is 0 Å². The lowest BCUT2D eigenvalue weighted by molar-refractivity contribution is -0.385. The Morgan fingerprint density at radius 3 is 2.90 bits per heavy atom. The second-order valence-corrected chi connectivity index (χ2v) is 5.05. The molecule has 0 fully saturated rings. The summed E-state index contributed by atoms with van der Waals surface area (Å²) in [5.41, 5.74) is 0.642. The number of fused-ring (bicyclic) bond motifs is 1. The van der Waals surface area contributed by atoms with Gasteiger partial charge in [0, 0.05) is 18.5 Å². The Bertz CT molecular complexity index is 901. The number of halogens is 1. The van der Waals surface area contributed by atoms with Crippen molar-refractivity contribution in [2.75, 3.05) is 0 Å². The van der Waals surface area contributed by atoms with Gasteiger partial charge in [-0.3, -0.25) is 15.1 Å². The zero-order valence-electron chi connectivity index (χ0n) is 10.5. The maximum Gasteiger partial charge on any atom is 0.350 e. The Balaban J connectivity index is 2.07. The van der Waals surface area contributed by atoms with Gasteiger partial charge in [-0.25, -0.2) is 13.9 Å². The van der Waals surface area contributed by atoms with Crippen molar-refractivity contribution in [2.45, 2.75) is 6.54 Å². The molecule has 0 aliphatic rings. The van der Waals surface area contributed by atoms with Gasteiger partial charge in [0.25, 0.3) is 5.69 Å². The van der Waals surface area contributed by atoms with Crippen LogP contribution in [0.15, 0.2) is 46.1 Å². The summed E-state index contributed by atoms with van der Waals surface area (Å²) in [6.07, 6.45) is 4.48. The van der Waals surface area contributed by atoms with Gasteiger partial charge in [0.1, 0.15) is 4.47 Å². The number of benzene rings is 1. The van der Waals surface area contributed by atoms with Crippen LogP contribution in [0.25, 0.3) is 5.65 Å². The van der Waals surface area contributed by atoms with Crippen molar-refractivity contribution < 1.29 is 4.92 Å². The molecule has 0 N–H and O–H groups in total. The van der Waals surface area contributed by atoms with Crippen LogP contribution in [0.3, 0.4) is 0 Å². The van der Waals surface area contributed by atoms with Crippen molar-refractivity contribution in [1.82, 2.24) is 19.2 Å². The van der Waals surface area contributed by atoms with Crippen molar-refractivity contribution in [3.63, 3.8) is 0 Å². The second kappa shape index (κ2) is 5.09. The van der Waals surface area contributed by atoms with Crippen LogP contribution >= 0.6 is 15.9 Å². The van der Waals surface area contributed by atoms with E-state index >= 15 is 0 Å². The van der Waals surface area contributed by atoms with Gasteiger partial charge < -0.3 is 0 Å². The number of hydrogen-bond acceptors (Lipinski definition) is 5. The molecule has 0 saturated carbocycles. The monoisotopic (exact) mass is 349 g/mol. The van der Waals surface area contributed by atoms with Crippen molar-refractivity contribution in [1.29, 1.82) is 0 Å². The lowest BCUT2D eigenvalue weighted by atomic mass is 10.2. The fourth-order valence-corrected chi connectivity index (χ4v) is 2.51. The number of hydrogen-bond donors (Lipinski definition) is 0. The van der Waals surface area contributed by atoms with Crippen molar-refractivity contribution in [3.05, 3.63) is 67.4 Å².